The van der Waals surface area contributed by atoms with Crippen molar-refractivity contribution in [3.8, 4) is 0 Å². The zero-order valence-corrected chi connectivity index (χ0v) is 19.6. The van der Waals surface area contributed by atoms with Gasteiger partial charge in [0.05, 0.1) is 29.5 Å². The summed E-state index contributed by atoms with van der Waals surface area (Å²) in [6.45, 7) is 4.29. The first-order valence-corrected chi connectivity index (χ1v) is 12.3. The predicted molar refractivity (Wildman–Crippen MR) is 133 cm³/mol. The summed E-state index contributed by atoms with van der Waals surface area (Å²) in [7, 11) is 0. The number of para-hydroxylation sites is 1. The van der Waals surface area contributed by atoms with Crippen LogP contribution in [0.2, 0.25) is 0 Å². The lowest BCUT2D eigenvalue weighted by Crippen LogP contribution is -2.48. The van der Waals surface area contributed by atoms with Crippen LogP contribution in [-0.4, -0.2) is 57.2 Å². The molecule has 0 aliphatic carbocycles. The van der Waals surface area contributed by atoms with Crippen LogP contribution in [0.25, 0.3) is 10.9 Å². The first kappa shape index (κ1) is 22.4. The normalized spacial score (nSPS) is 14.5. The summed E-state index contributed by atoms with van der Waals surface area (Å²) < 4.78 is 7.05. The van der Waals surface area contributed by atoms with Crippen LogP contribution in [-0.2, 0) is 17.9 Å². The largest absolute Gasteiger partial charge is 0.467 e. The second-order valence-electron chi connectivity index (χ2n) is 8.31. The summed E-state index contributed by atoms with van der Waals surface area (Å²) in [5, 5.41) is 1.08. The van der Waals surface area contributed by atoms with E-state index in [4.69, 9.17) is 9.40 Å². The first-order chi connectivity index (χ1) is 16.7. The van der Waals surface area contributed by atoms with E-state index in [9.17, 15) is 9.59 Å². The van der Waals surface area contributed by atoms with Gasteiger partial charge >= 0.3 is 0 Å². The molecule has 1 amide bonds. The van der Waals surface area contributed by atoms with E-state index >= 15 is 0 Å². The Morgan fingerprint density at radius 1 is 0.912 bits per heavy atom. The van der Waals surface area contributed by atoms with Crippen molar-refractivity contribution in [1.82, 2.24) is 19.4 Å². The molecule has 4 aromatic rings. The van der Waals surface area contributed by atoms with Gasteiger partial charge in [-0.25, -0.2) is 4.98 Å². The van der Waals surface area contributed by atoms with Crippen LogP contribution in [0.15, 0.2) is 87.4 Å². The summed E-state index contributed by atoms with van der Waals surface area (Å²) in [5.74, 6) is 0.972. The van der Waals surface area contributed by atoms with Crippen molar-refractivity contribution in [1.29, 1.82) is 0 Å². The Labute approximate surface area is 202 Å². The van der Waals surface area contributed by atoms with Crippen LogP contribution < -0.4 is 5.56 Å². The second kappa shape index (κ2) is 10.3. The molecule has 34 heavy (non-hydrogen) atoms. The number of aromatic nitrogens is 2. The maximum absolute atomic E-state index is 13.2. The summed E-state index contributed by atoms with van der Waals surface area (Å²) in [6, 6.07) is 21.3. The monoisotopic (exact) mass is 474 g/mol. The number of rotatable bonds is 7. The second-order valence-corrected chi connectivity index (χ2v) is 9.26. The van der Waals surface area contributed by atoms with E-state index in [1.165, 1.54) is 17.3 Å². The number of hydrogen-bond acceptors (Lipinski definition) is 6. The molecule has 0 saturated carbocycles. The van der Waals surface area contributed by atoms with Crippen molar-refractivity contribution < 1.29 is 9.21 Å². The zero-order valence-electron chi connectivity index (χ0n) is 18.8. The van der Waals surface area contributed by atoms with E-state index in [1.54, 1.807) is 23.0 Å². The molecule has 1 fully saturated rings. The number of benzene rings is 2. The molecule has 1 saturated heterocycles. The van der Waals surface area contributed by atoms with E-state index in [0.717, 1.165) is 19.6 Å². The number of carbonyl (C=O) groups is 1. The number of furan rings is 1. The highest BCUT2D eigenvalue weighted by Gasteiger charge is 2.22. The van der Waals surface area contributed by atoms with E-state index in [2.05, 4.69) is 29.2 Å². The molecular weight excluding hydrogens is 448 g/mol. The minimum absolute atomic E-state index is 0.0660. The van der Waals surface area contributed by atoms with Crippen molar-refractivity contribution in [2.24, 2.45) is 0 Å². The van der Waals surface area contributed by atoms with E-state index in [0.29, 0.717) is 34.9 Å². The van der Waals surface area contributed by atoms with Gasteiger partial charge in [0, 0.05) is 32.7 Å². The lowest BCUT2D eigenvalue weighted by molar-refractivity contribution is -0.130. The van der Waals surface area contributed by atoms with Crippen molar-refractivity contribution in [2.75, 3.05) is 31.9 Å². The predicted octanol–water partition coefficient (Wildman–Crippen LogP) is 3.47. The maximum Gasteiger partial charge on any atom is 0.262 e. The van der Waals surface area contributed by atoms with E-state index in [-0.39, 0.29) is 23.8 Å². The summed E-state index contributed by atoms with van der Waals surface area (Å²) in [5.41, 5.74) is 1.79. The molecule has 2 aromatic carbocycles. The van der Waals surface area contributed by atoms with Crippen LogP contribution in [0.3, 0.4) is 0 Å². The first-order valence-electron chi connectivity index (χ1n) is 11.4. The fourth-order valence-electron chi connectivity index (χ4n) is 4.17. The number of amides is 1. The molecule has 0 atom stereocenters. The Morgan fingerprint density at radius 2 is 1.68 bits per heavy atom. The standard InChI is InChI=1S/C26H26N4O3S/c31-24(29-14-12-28(13-15-29)17-20-7-2-1-3-8-20)19-34-26-27-23-11-5-4-10-22(23)25(32)30(26)18-21-9-6-16-33-21/h1-11,16H,12-15,17-19H2. The molecule has 174 valence electrons. The molecule has 1 aliphatic heterocycles. The number of nitrogens with zero attached hydrogens (tertiary/aromatic N) is 4. The fourth-order valence-corrected chi connectivity index (χ4v) is 5.07. The van der Waals surface area contributed by atoms with Crippen molar-refractivity contribution in [3.63, 3.8) is 0 Å². The Kier molecular flexibility index (Phi) is 6.78. The molecule has 8 heteroatoms. The minimum atomic E-state index is -0.133. The lowest BCUT2D eigenvalue weighted by atomic mass is 10.2. The van der Waals surface area contributed by atoms with Crippen LogP contribution >= 0.6 is 11.8 Å². The summed E-state index contributed by atoms with van der Waals surface area (Å²) in [6.07, 6.45) is 1.59. The number of carbonyl (C=O) groups excluding carboxylic acids is 1. The van der Waals surface area contributed by atoms with Crippen LogP contribution in [0, 0.1) is 0 Å². The van der Waals surface area contributed by atoms with Gasteiger partial charge in [0.1, 0.15) is 5.76 Å². The smallest absolute Gasteiger partial charge is 0.262 e. The van der Waals surface area contributed by atoms with Crippen LogP contribution in [0.5, 0.6) is 0 Å². The highest BCUT2D eigenvalue weighted by Crippen LogP contribution is 2.20. The Hall–Kier alpha value is -3.36. The quantitative estimate of drug-likeness (QED) is 0.302. The van der Waals surface area contributed by atoms with E-state index < -0.39 is 0 Å². The number of piperazine rings is 1. The van der Waals surface area contributed by atoms with Gasteiger partial charge in [0.15, 0.2) is 5.16 Å². The molecule has 2 aromatic heterocycles. The van der Waals surface area contributed by atoms with Gasteiger partial charge in [0.2, 0.25) is 5.91 Å². The molecular formula is C26H26N4O3S. The lowest BCUT2D eigenvalue weighted by Gasteiger charge is -2.34. The average Bonchev–Trinajstić information content (AvgIpc) is 3.39. The van der Waals surface area contributed by atoms with Gasteiger partial charge in [0.25, 0.3) is 5.56 Å². The zero-order chi connectivity index (χ0) is 23.3. The van der Waals surface area contributed by atoms with Crippen molar-refractivity contribution in [2.45, 2.75) is 18.2 Å². The van der Waals surface area contributed by atoms with Gasteiger partial charge in [-0.05, 0) is 29.8 Å². The number of hydrogen-bond donors (Lipinski definition) is 0. The summed E-state index contributed by atoms with van der Waals surface area (Å²) >= 11 is 1.31. The average molecular weight is 475 g/mol. The number of thioether (sulfide) groups is 1. The highest BCUT2D eigenvalue weighted by atomic mass is 32.2. The molecule has 5 rings (SSSR count). The molecule has 0 bridgehead atoms. The minimum Gasteiger partial charge on any atom is -0.467 e. The third kappa shape index (κ3) is 5.08. The molecule has 0 N–H and O–H groups in total. The van der Waals surface area contributed by atoms with Gasteiger partial charge in [-0.15, -0.1) is 0 Å². The Morgan fingerprint density at radius 3 is 2.44 bits per heavy atom. The Balaban J connectivity index is 1.25. The fraction of sp³-hybridized carbons (Fsp3) is 0.269. The van der Waals surface area contributed by atoms with Crippen LogP contribution in [0.1, 0.15) is 11.3 Å². The highest BCUT2D eigenvalue weighted by molar-refractivity contribution is 7.99. The van der Waals surface area contributed by atoms with Gasteiger partial charge in [-0.1, -0.05) is 54.2 Å². The third-order valence-electron chi connectivity index (χ3n) is 6.02. The molecule has 0 spiro atoms. The maximum atomic E-state index is 13.2. The Bertz CT molecular complexity index is 1310. The molecule has 7 nitrogen and oxygen atoms in total. The summed E-state index contributed by atoms with van der Waals surface area (Å²) in [4.78, 5) is 35.1. The SMILES string of the molecule is O=C(CSc1nc2ccccc2c(=O)n1Cc1ccco1)N1CCN(Cc2ccccc2)CC1. The molecule has 0 unspecified atom stereocenters. The van der Waals surface area contributed by atoms with Gasteiger partial charge < -0.3 is 9.32 Å². The van der Waals surface area contributed by atoms with E-state index in [1.807, 2.05) is 35.2 Å². The molecule has 0 radical (unpaired) electrons. The van der Waals surface area contributed by atoms with Gasteiger partial charge in [-0.3, -0.25) is 19.1 Å². The topological polar surface area (TPSA) is 71.6 Å². The number of fused-ring (bicyclic) bond motifs is 1. The van der Waals surface area contributed by atoms with Gasteiger partial charge in [-0.2, -0.15) is 0 Å². The third-order valence-corrected chi connectivity index (χ3v) is 6.98. The van der Waals surface area contributed by atoms with Crippen molar-refractivity contribution >= 4 is 28.6 Å². The molecule has 3 heterocycles. The van der Waals surface area contributed by atoms with Crippen molar-refractivity contribution in [3.05, 3.63) is 94.7 Å². The molecule has 1 aliphatic rings. The van der Waals surface area contributed by atoms with Crippen LogP contribution in [0.4, 0.5) is 0 Å².